The third kappa shape index (κ3) is 4.00. The van der Waals surface area contributed by atoms with Crippen molar-refractivity contribution in [3.63, 3.8) is 0 Å². The minimum atomic E-state index is -4.33. The van der Waals surface area contributed by atoms with Gasteiger partial charge in [-0.3, -0.25) is 4.79 Å². The fourth-order valence-corrected chi connectivity index (χ4v) is 1.74. The molecule has 0 aromatic carbocycles. The van der Waals surface area contributed by atoms with Gasteiger partial charge in [0.2, 0.25) is 5.91 Å². The predicted molar refractivity (Wildman–Crippen MR) is 53.9 cm³/mol. The zero-order chi connectivity index (χ0) is 12.3. The molecule has 16 heavy (non-hydrogen) atoms. The van der Waals surface area contributed by atoms with Crippen molar-refractivity contribution in [1.82, 2.24) is 10.2 Å². The monoisotopic (exact) mass is 238 g/mol. The van der Waals surface area contributed by atoms with Crippen molar-refractivity contribution in [2.75, 3.05) is 20.1 Å². The van der Waals surface area contributed by atoms with Crippen molar-refractivity contribution in [2.24, 2.45) is 5.92 Å². The lowest BCUT2D eigenvalue weighted by Crippen LogP contribution is -2.48. The summed E-state index contributed by atoms with van der Waals surface area (Å²) < 4.78 is 37.0. The van der Waals surface area contributed by atoms with E-state index in [1.165, 1.54) is 0 Å². The lowest BCUT2D eigenvalue weighted by Gasteiger charge is -2.30. The second-order valence-electron chi connectivity index (χ2n) is 4.25. The van der Waals surface area contributed by atoms with Crippen LogP contribution in [-0.2, 0) is 4.79 Å². The van der Waals surface area contributed by atoms with E-state index >= 15 is 0 Å². The van der Waals surface area contributed by atoms with Gasteiger partial charge in [0.25, 0.3) is 0 Å². The molecule has 0 heterocycles. The number of likely N-dealkylation sites (N-methyl/N-ethyl adjacent to an activating group) is 1. The summed E-state index contributed by atoms with van der Waals surface area (Å²) >= 11 is 0. The molecule has 0 aliphatic heterocycles. The van der Waals surface area contributed by atoms with Gasteiger partial charge in [0.05, 0.1) is 6.54 Å². The van der Waals surface area contributed by atoms with Gasteiger partial charge in [0, 0.05) is 6.04 Å². The fraction of sp³-hybridized carbons (Fsp3) is 0.900. The Morgan fingerprint density at radius 1 is 1.50 bits per heavy atom. The number of hydrogen-bond donors (Lipinski definition) is 1. The first-order valence-electron chi connectivity index (χ1n) is 5.36. The molecular formula is C10H17F3N2O. The number of rotatable bonds is 5. The second kappa shape index (κ2) is 5.03. The number of amides is 1. The van der Waals surface area contributed by atoms with E-state index in [1.54, 1.807) is 14.0 Å². The van der Waals surface area contributed by atoms with Crippen molar-refractivity contribution >= 4 is 5.91 Å². The molecule has 94 valence electrons. The molecule has 1 saturated carbocycles. The minimum absolute atomic E-state index is 0.0485. The van der Waals surface area contributed by atoms with E-state index in [1.807, 2.05) is 0 Å². The zero-order valence-corrected chi connectivity index (χ0v) is 9.47. The van der Waals surface area contributed by atoms with Crippen LogP contribution in [0.15, 0.2) is 0 Å². The topological polar surface area (TPSA) is 32.3 Å². The van der Waals surface area contributed by atoms with Crippen molar-refractivity contribution < 1.29 is 18.0 Å². The molecule has 0 radical (unpaired) electrons. The molecule has 0 bridgehead atoms. The van der Waals surface area contributed by atoms with Crippen molar-refractivity contribution in [3.8, 4) is 0 Å². The minimum Gasteiger partial charge on any atom is -0.330 e. The molecule has 1 N–H and O–H groups in total. The summed E-state index contributed by atoms with van der Waals surface area (Å²) in [6, 6.07) is -0.317. The third-order valence-electron chi connectivity index (χ3n) is 2.79. The van der Waals surface area contributed by atoms with Crippen LogP contribution in [0.2, 0.25) is 0 Å². The molecule has 1 fully saturated rings. The molecule has 1 rings (SSSR count). The molecule has 0 aromatic rings. The van der Waals surface area contributed by atoms with Crippen LogP contribution in [0, 0.1) is 5.92 Å². The van der Waals surface area contributed by atoms with E-state index in [-0.39, 0.29) is 18.5 Å². The first-order chi connectivity index (χ1) is 7.35. The van der Waals surface area contributed by atoms with Gasteiger partial charge in [-0.2, -0.15) is 13.2 Å². The van der Waals surface area contributed by atoms with Gasteiger partial charge in [0.1, 0.15) is 6.54 Å². The lowest BCUT2D eigenvalue weighted by atomic mass is 10.1. The molecule has 1 unspecified atom stereocenters. The average molecular weight is 238 g/mol. The van der Waals surface area contributed by atoms with E-state index in [0.717, 1.165) is 17.7 Å². The number of hydrogen-bond acceptors (Lipinski definition) is 2. The van der Waals surface area contributed by atoms with Gasteiger partial charge in [-0.15, -0.1) is 0 Å². The van der Waals surface area contributed by atoms with Gasteiger partial charge in [-0.1, -0.05) is 0 Å². The van der Waals surface area contributed by atoms with E-state index in [9.17, 15) is 18.0 Å². The maximum atomic E-state index is 12.3. The maximum absolute atomic E-state index is 12.3. The van der Waals surface area contributed by atoms with E-state index in [2.05, 4.69) is 5.32 Å². The molecule has 3 nitrogen and oxygen atoms in total. The quantitative estimate of drug-likeness (QED) is 0.785. The fourth-order valence-electron chi connectivity index (χ4n) is 1.74. The van der Waals surface area contributed by atoms with Crippen LogP contribution in [-0.4, -0.2) is 43.2 Å². The molecule has 0 aromatic heterocycles. The number of halogens is 3. The summed E-state index contributed by atoms with van der Waals surface area (Å²) in [6.07, 6.45) is -2.49. The summed E-state index contributed by atoms with van der Waals surface area (Å²) in [4.78, 5) is 12.5. The normalized spacial score (nSPS) is 18.3. The first-order valence-corrected chi connectivity index (χ1v) is 5.36. The standard InChI is InChI=1S/C10H17F3N2O/c1-7(8-3-4-8)15(6-10(11,12)13)9(16)5-14-2/h7-8,14H,3-6H2,1-2H3. The van der Waals surface area contributed by atoms with Gasteiger partial charge >= 0.3 is 6.18 Å². The first kappa shape index (κ1) is 13.3. The molecule has 0 spiro atoms. The molecular weight excluding hydrogens is 221 g/mol. The molecule has 1 aliphatic carbocycles. The van der Waals surface area contributed by atoms with E-state index < -0.39 is 18.6 Å². The maximum Gasteiger partial charge on any atom is 0.406 e. The van der Waals surface area contributed by atoms with Crippen molar-refractivity contribution in [3.05, 3.63) is 0 Å². The predicted octanol–water partition coefficient (Wildman–Crippen LogP) is 1.40. The third-order valence-corrected chi connectivity index (χ3v) is 2.79. The number of carbonyl (C=O) groups is 1. The van der Waals surface area contributed by atoms with Crippen molar-refractivity contribution in [1.29, 1.82) is 0 Å². The van der Waals surface area contributed by atoms with Gasteiger partial charge < -0.3 is 10.2 Å². The Kier molecular flexibility index (Phi) is 4.18. The van der Waals surface area contributed by atoms with Crippen LogP contribution in [0.4, 0.5) is 13.2 Å². The summed E-state index contributed by atoms with van der Waals surface area (Å²) in [5, 5.41) is 2.59. The SMILES string of the molecule is CNCC(=O)N(CC(F)(F)F)C(C)C1CC1. The van der Waals surface area contributed by atoms with Crippen LogP contribution in [0.5, 0.6) is 0 Å². The second-order valence-corrected chi connectivity index (χ2v) is 4.25. The molecule has 1 aliphatic rings. The van der Waals surface area contributed by atoms with Gasteiger partial charge in [0.15, 0.2) is 0 Å². The number of nitrogens with one attached hydrogen (secondary N) is 1. The molecule has 0 saturated heterocycles. The Balaban J connectivity index is 2.63. The summed E-state index contributed by atoms with van der Waals surface area (Å²) in [5.41, 5.74) is 0. The number of nitrogens with zero attached hydrogens (tertiary/aromatic N) is 1. The molecule has 1 atom stereocenters. The van der Waals surface area contributed by atoms with Crippen molar-refractivity contribution in [2.45, 2.75) is 32.0 Å². The van der Waals surface area contributed by atoms with Crippen LogP contribution in [0.1, 0.15) is 19.8 Å². The van der Waals surface area contributed by atoms with E-state index in [4.69, 9.17) is 0 Å². The van der Waals surface area contributed by atoms with Crippen LogP contribution < -0.4 is 5.32 Å². The highest BCUT2D eigenvalue weighted by atomic mass is 19.4. The highest BCUT2D eigenvalue weighted by molar-refractivity contribution is 5.78. The Morgan fingerprint density at radius 2 is 2.06 bits per heavy atom. The Labute approximate surface area is 93.0 Å². The molecule has 6 heteroatoms. The zero-order valence-electron chi connectivity index (χ0n) is 9.47. The molecule has 1 amide bonds. The Bertz CT molecular complexity index is 251. The van der Waals surface area contributed by atoms with E-state index in [0.29, 0.717) is 0 Å². The summed E-state index contributed by atoms with van der Waals surface area (Å²) in [6.45, 7) is 0.495. The smallest absolute Gasteiger partial charge is 0.330 e. The van der Waals surface area contributed by atoms with Gasteiger partial charge in [-0.05, 0) is 32.7 Å². The van der Waals surface area contributed by atoms with Crippen LogP contribution in [0.25, 0.3) is 0 Å². The largest absolute Gasteiger partial charge is 0.406 e. The average Bonchev–Trinajstić information content (AvgIpc) is 2.95. The highest BCUT2D eigenvalue weighted by Crippen LogP contribution is 2.36. The Morgan fingerprint density at radius 3 is 2.44 bits per heavy atom. The van der Waals surface area contributed by atoms with Crippen LogP contribution in [0.3, 0.4) is 0 Å². The number of carbonyl (C=O) groups excluding carboxylic acids is 1. The van der Waals surface area contributed by atoms with Gasteiger partial charge in [-0.25, -0.2) is 0 Å². The Hall–Kier alpha value is -0.780. The highest BCUT2D eigenvalue weighted by Gasteiger charge is 2.40. The lowest BCUT2D eigenvalue weighted by molar-refractivity contribution is -0.165. The summed E-state index contributed by atoms with van der Waals surface area (Å²) in [7, 11) is 1.55. The van der Waals surface area contributed by atoms with Crippen LogP contribution >= 0.6 is 0 Å². The number of alkyl halides is 3. The summed E-state index contributed by atoms with van der Waals surface area (Å²) in [5.74, 6) is -0.248.